The summed E-state index contributed by atoms with van der Waals surface area (Å²) in [4.78, 5) is 4.58. The van der Waals surface area contributed by atoms with Gasteiger partial charge < -0.3 is 0 Å². The van der Waals surface area contributed by atoms with Crippen molar-refractivity contribution in [3.05, 3.63) is 151 Å². The molecule has 0 fully saturated rings. The van der Waals surface area contributed by atoms with Gasteiger partial charge in [0.2, 0.25) is 0 Å². The molecule has 0 aliphatic heterocycles. The third kappa shape index (κ3) is 3.49. The number of fused-ring (bicyclic) bond motifs is 5. The van der Waals surface area contributed by atoms with Crippen LogP contribution in [0.4, 0.5) is 0 Å². The first-order valence-corrected chi connectivity index (χ1v) is 14.9. The molecule has 7 aromatic carbocycles. The molecule has 43 heavy (non-hydrogen) atoms. The molecule has 1 heteroatoms. The van der Waals surface area contributed by atoms with Gasteiger partial charge in [-0.25, -0.2) is 0 Å². The molecule has 8 aromatic rings. The molecule has 0 N–H and O–H groups in total. The molecular weight excluding hydrogens is 518 g/mol. The first-order valence-electron chi connectivity index (χ1n) is 14.9. The quantitative estimate of drug-likeness (QED) is 0.215. The minimum absolute atomic E-state index is 1.06. The first kappa shape index (κ1) is 24.1. The highest BCUT2D eigenvalue weighted by atomic mass is 14.7. The molecule has 1 aromatic heterocycles. The lowest BCUT2D eigenvalue weighted by molar-refractivity contribution is 1.24. The highest BCUT2D eigenvalue weighted by molar-refractivity contribution is 6.28. The Hall–Kier alpha value is -5.53. The number of hydrogen-bond donors (Lipinski definition) is 0. The van der Waals surface area contributed by atoms with Crippen molar-refractivity contribution in [3.8, 4) is 55.6 Å². The third-order valence-electron chi connectivity index (χ3n) is 9.17. The number of aryl methyl sites for hydroxylation is 1. The molecule has 1 aliphatic carbocycles. The molecule has 200 valence electrons. The van der Waals surface area contributed by atoms with Crippen molar-refractivity contribution in [2.45, 2.75) is 6.92 Å². The van der Waals surface area contributed by atoms with Crippen molar-refractivity contribution in [1.29, 1.82) is 0 Å². The Labute approximate surface area is 250 Å². The summed E-state index contributed by atoms with van der Waals surface area (Å²) in [5.74, 6) is 0. The van der Waals surface area contributed by atoms with Crippen LogP contribution in [0.25, 0.3) is 88.0 Å². The van der Waals surface area contributed by atoms with Gasteiger partial charge in [-0.05, 0) is 108 Å². The predicted molar refractivity (Wildman–Crippen MR) is 182 cm³/mol. The molecule has 1 nitrogen and oxygen atoms in total. The maximum atomic E-state index is 4.58. The molecule has 0 bridgehead atoms. The summed E-state index contributed by atoms with van der Waals surface area (Å²) in [5.41, 5.74) is 13.9. The Balaban J connectivity index is 1.47. The lowest BCUT2D eigenvalue weighted by atomic mass is 9.82. The van der Waals surface area contributed by atoms with Crippen LogP contribution in [-0.4, -0.2) is 4.98 Å². The second-order valence-electron chi connectivity index (χ2n) is 11.5. The highest BCUT2D eigenvalue weighted by Gasteiger charge is 2.31. The maximum Gasteiger partial charge on any atom is 0.0451 e. The summed E-state index contributed by atoms with van der Waals surface area (Å²) in [6.07, 6.45) is 1.93. The fourth-order valence-corrected chi connectivity index (χ4v) is 7.38. The van der Waals surface area contributed by atoms with Gasteiger partial charge in [-0.1, -0.05) is 121 Å². The summed E-state index contributed by atoms with van der Waals surface area (Å²) < 4.78 is 0. The van der Waals surface area contributed by atoms with Crippen LogP contribution in [0.15, 0.2) is 146 Å². The van der Waals surface area contributed by atoms with Crippen LogP contribution in [0.2, 0.25) is 0 Å². The van der Waals surface area contributed by atoms with Gasteiger partial charge in [0, 0.05) is 17.3 Å². The van der Waals surface area contributed by atoms with Crippen LogP contribution in [0.3, 0.4) is 0 Å². The van der Waals surface area contributed by atoms with Gasteiger partial charge in [-0.15, -0.1) is 0 Å². The zero-order valence-electron chi connectivity index (χ0n) is 23.8. The normalized spacial score (nSPS) is 11.8. The Kier molecular flexibility index (Phi) is 5.18. The summed E-state index contributed by atoms with van der Waals surface area (Å²) >= 11 is 0. The summed E-state index contributed by atoms with van der Waals surface area (Å²) in [6, 6.07) is 51.2. The van der Waals surface area contributed by atoms with Crippen LogP contribution in [0, 0.1) is 6.92 Å². The highest BCUT2D eigenvalue weighted by Crippen LogP contribution is 2.58. The van der Waals surface area contributed by atoms with Crippen molar-refractivity contribution in [3.63, 3.8) is 0 Å². The Bertz CT molecular complexity index is 2380. The van der Waals surface area contributed by atoms with Crippen molar-refractivity contribution in [2.24, 2.45) is 0 Å². The van der Waals surface area contributed by atoms with Gasteiger partial charge in [0.25, 0.3) is 0 Å². The molecule has 0 spiro atoms. The van der Waals surface area contributed by atoms with Gasteiger partial charge in [-0.2, -0.15) is 0 Å². The van der Waals surface area contributed by atoms with E-state index in [9.17, 15) is 0 Å². The molecule has 1 aliphatic rings. The van der Waals surface area contributed by atoms with E-state index in [2.05, 4.69) is 151 Å². The van der Waals surface area contributed by atoms with Crippen molar-refractivity contribution >= 4 is 32.3 Å². The number of pyridine rings is 1. The smallest absolute Gasteiger partial charge is 0.0451 e. The number of rotatable bonds is 3. The molecule has 0 amide bonds. The van der Waals surface area contributed by atoms with E-state index in [1.165, 1.54) is 88.0 Å². The third-order valence-corrected chi connectivity index (χ3v) is 9.17. The first-order chi connectivity index (χ1) is 21.3. The van der Waals surface area contributed by atoms with E-state index < -0.39 is 0 Å². The van der Waals surface area contributed by atoms with Crippen LogP contribution in [0.5, 0.6) is 0 Å². The molecule has 0 saturated carbocycles. The van der Waals surface area contributed by atoms with Gasteiger partial charge in [0.1, 0.15) is 0 Å². The molecule has 9 rings (SSSR count). The van der Waals surface area contributed by atoms with E-state index >= 15 is 0 Å². The lowest BCUT2D eigenvalue weighted by Crippen LogP contribution is -1.93. The fraction of sp³-hybridized carbons (Fsp3) is 0.0238. The summed E-state index contributed by atoms with van der Waals surface area (Å²) in [6.45, 7) is 2.09. The summed E-state index contributed by atoms with van der Waals surface area (Å²) in [7, 11) is 0. The van der Waals surface area contributed by atoms with E-state index in [4.69, 9.17) is 0 Å². The number of hydrogen-bond acceptors (Lipinski definition) is 1. The van der Waals surface area contributed by atoms with Crippen LogP contribution >= 0.6 is 0 Å². The average molecular weight is 546 g/mol. The molecule has 0 atom stereocenters. The molecule has 0 saturated heterocycles. The minimum Gasteiger partial charge on any atom is -0.261 e. The van der Waals surface area contributed by atoms with Crippen LogP contribution in [0.1, 0.15) is 5.69 Å². The fourth-order valence-electron chi connectivity index (χ4n) is 7.38. The number of aromatic nitrogens is 1. The van der Waals surface area contributed by atoms with E-state index in [0.29, 0.717) is 0 Å². The van der Waals surface area contributed by atoms with E-state index in [-0.39, 0.29) is 0 Å². The van der Waals surface area contributed by atoms with Gasteiger partial charge >= 0.3 is 0 Å². The monoisotopic (exact) mass is 545 g/mol. The van der Waals surface area contributed by atoms with E-state index in [1.807, 2.05) is 6.20 Å². The van der Waals surface area contributed by atoms with E-state index in [1.54, 1.807) is 0 Å². The van der Waals surface area contributed by atoms with Gasteiger partial charge in [0.05, 0.1) is 0 Å². The topological polar surface area (TPSA) is 12.9 Å². The Morgan fingerprint density at radius 1 is 0.395 bits per heavy atom. The number of nitrogens with zero attached hydrogens (tertiary/aromatic N) is 1. The molecule has 1 heterocycles. The lowest BCUT2D eigenvalue weighted by Gasteiger charge is -2.20. The van der Waals surface area contributed by atoms with Crippen LogP contribution < -0.4 is 0 Å². The van der Waals surface area contributed by atoms with Crippen molar-refractivity contribution in [2.75, 3.05) is 0 Å². The Morgan fingerprint density at radius 2 is 0.977 bits per heavy atom. The van der Waals surface area contributed by atoms with E-state index in [0.717, 1.165) is 5.69 Å². The minimum atomic E-state index is 1.06. The second-order valence-corrected chi connectivity index (χ2v) is 11.5. The maximum absolute atomic E-state index is 4.58. The van der Waals surface area contributed by atoms with Crippen molar-refractivity contribution < 1.29 is 0 Å². The standard InChI is InChI=1S/C42H27N/c1-26-31-19-11-20-32(33(31)22-23-43-26)30-24-29-16-10-21-36-38(29)37(25-30)42-40(28-14-6-3-7-15-28)35-18-9-8-17-34(35)39(41(36)42)27-12-4-2-5-13-27/h2-25H,1H3. The van der Waals surface area contributed by atoms with Crippen LogP contribution in [-0.2, 0) is 0 Å². The zero-order valence-corrected chi connectivity index (χ0v) is 23.8. The van der Waals surface area contributed by atoms with Gasteiger partial charge in [0.15, 0.2) is 0 Å². The molecular formula is C42H27N. The predicted octanol–water partition coefficient (Wildman–Crippen LogP) is 11.5. The number of benzene rings is 7. The van der Waals surface area contributed by atoms with Crippen molar-refractivity contribution in [1.82, 2.24) is 4.98 Å². The molecule has 0 unspecified atom stereocenters. The Morgan fingerprint density at radius 3 is 1.67 bits per heavy atom. The average Bonchev–Trinajstić information content (AvgIpc) is 3.39. The van der Waals surface area contributed by atoms with Gasteiger partial charge in [-0.3, -0.25) is 4.98 Å². The second kappa shape index (κ2) is 9.24. The SMILES string of the molecule is Cc1nccc2c(-c3cc4c5c(cccc5c3)-c3c-4c(-c4ccccc4)c4ccccc4c3-c3ccccc3)cccc12. The zero-order chi connectivity index (χ0) is 28.5. The molecule has 0 radical (unpaired) electrons. The summed E-state index contributed by atoms with van der Waals surface area (Å²) in [5, 5.41) is 7.61. The largest absolute Gasteiger partial charge is 0.261 e.